The zero-order valence-electron chi connectivity index (χ0n) is 14.6. The second-order valence-electron chi connectivity index (χ2n) is 6.11. The number of rotatable bonds is 7. The van der Waals surface area contributed by atoms with Crippen molar-refractivity contribution in [2.24, 2.45) is 0 Å². The summed E-state index contributed by atoms with van der Waals surface area (Å²) in [5.41, 5.74) is 1.25. The predicted molar refractivity (Wildman–Crippen MR) is 103 cm³/mol. The molecular formula is C19H25N3O2S. The van der Waals surface area contributed by atoms with E-state index in [9.17, 15) is 4.79 Å². The molecule has 0 radical (unpaired) electrons. The third-order valence-electron chi connectivity index (χ3n) is 4.49. The first-order chi connectivity index (χ1) is 12.3. The van der Waals surface area contributed by atoms with Gasteiger partial charge in [0.25, 0.3) is 5.91 Å². The van der Waals surface area contributed by atoms with Gasteiger partial charge in [-0.25, -0.2) is 0 Å². The van der Waals surface area contributed by atoms with E-state index in [1.54, 1.807) is 7.11 Å². The summed E-state index contributed by atoms with van der Waals surface area (Å²) in [4.78, 5) is 17.5. The van der Waals surface area contributed by atoms with Gasteiger partial charge in [-0.1, -0.05) is 6.07 Å². The number of benzene rings is 1. The molecule has 0 unspecified atom stereocenters. The molecule has 0 atom stereocenters. The third kappa shape index (κ3) is 4.96. The van der Waals surface area contributed by atoms with Gasteiger partial charge in [-0.05, 0) is 48.7 Å². The fraction of sp³-hybridized carbons (Fsp3) is 0.421. The number of amides is 1. The maximum atomic E-state index is 11.9. The van der Waals surface area contributed by atoms with E-state index in [0.717, 1.165) is 56.3 Å². The average Bonchev–Trinajstić information content (AvgIpc) is 3.21. The number of anilines is 1. The van der Waals surface area contributed by atoms with Crippen molar-refractivity contribution >= 4 is 22.9 Å². The lowest BCUT2D eigenvalue weighted by atomic mass is 10.2. The maximum Gasteiger partial charge on any atom is 0.261 e. The van der Waals surface area contributed by atoms with Crippen LogP contribution in [0.5, 0.6) is 5.75 Å². The number of thiophene rings is 1. The van der Waals surface area contributed by atoms with E-state index >= 15 is 0 Å². The van der Waals surface area contributed by atoms with Crippen molar-refractivity contribution in [2.75, 3.05) is 51.3 Å². The number of piperazine rings is 1. The minimum atomic E-state index is 0.0410. The first-order valence-corrected chi connectivity index (χ1v) is 9.57. The lowest BCUT2D eigenvalue weighted by molar-refractivity contribution is 0.0955. The number of nitrogens with one attached hydrogen (secondary N) is 1. The number of methoxy groups -OCH3 is 1. The highest BCUT2D eigenvalue weighted by atomic mass is 32.1. The van der Waals surface area contributed by atoms with Crippen LogP contribution in [0.4, 0.5) is 5.69 Å². The van der Waals surface area contributed by atoms with Crippen molar-refractivity contribution < 1.29 is 9.53 Å². The van der Waals surface area contributed by atoms with Crippen molar-refractivity contribution in [2.45, 2.75) is 6.42 Å². The quantitative estimate of drug-likeness (QED) is 0.772. The largest absolute Gasteiger partial charge is 0.497 e. The molecule has 25 heavy (non-hydrogen) atoms. The number of ether oxygens (including phenoxy) is 1. The van der Waals surface area contributed by atoms with Gasteiger partial charge < -0.3 is 15.0 Å². The maximum absolute atomic E-state index is 11.9. The average molecular weight is 359 g/mol. The smallest absolute Gasteiger partial charge is 0.261 e. The standard InChI is InChI=1S/C19H25N3O2S/c1-24-17-7-5-16(6-8-17)22-13-11-21(12-14-22)10-3-9-20-19(23)18-4-2-15-25-18/h2,4-8,15H,3,9-14H2,1H3,(H,20,23). The van der Waals surface area contributed by atoms with E-state index in [2.05, 4.69) is 27.2 Å². The molecule has 1 N–H and O–H groups in total. The number of nitrogens with zero attached hydrogens (tertiary/aromatic N) is 2. The Morgan fingerprint density at radius 3 is 2.56 bits per heavy atom. The molecule has 1 aromatic carbocycles. The summed E-state index contributed by atoms with van der Waals surface area (Å²) in [7, 11) is 1.69. The fourth-order valence-corrected chi connectivity index (χ4v) is 3.66. The normalized spacial score (nSPS) is 15.2. The summed E-state index contributed by atoms with van der Waals surface area (Å²) in [5, 5.41) is 4.92. The van der Waals surface area contributed by atoms with E-state index in [1.165, 1.54) is 17.0 Å². The van der Waals surface area contributed by atoms with Crippen LogP contribution in [-0.2, 0) is 0 Å². The van der Waals surface area contributed by atoms with Crippen molar-refractivity contribution in [3.8, 4) is 5.75 Å². The van der Waals surface area contributed by atoms with Crippen molar-refractivity contribution in [1.82, 2.24) is 10.2 Å². The van der Waals surface area contributed by atoms with E-state index in [1.807, 2.05) is 29.6 Å². The molecule has 0 aliphatic carbocycles. The summed E-state index contributed by atoms with van der Waals surface area (Å²) in [6.07, 6.45) is 0.986. The van der Waals surface area contributed by atoms with Crippen LogP contribution >= 0.6 is 11.3 Å². The highest BCUT2D eigenvalue weighted by molar-refractivity contribution is 7.12. The van der Waals surface area contributed by atoms with Gasteiger partial charge in [0.1, 0.15) is 5.75 Å². The Morgan fingerprint density at radius 1 is 1.16 bits per heavy atom. The lowest BCUT2D eigenvalue weighted by Gasteiger charge is -2.36. The van der Waals surface area contributed by atoms with Gasteiger partial charge in [-0.2, -0.15) is 0 Å². The number of carbonyl (C=O) groups is 1. The molecule has 3 rings (SSSR count). The van der Waals surface area contributed by atoms with E-state index in [-0.39, 0.29) is 5.91 Å². The molecule has 0 spiro atoms. The van der Waals surface area contributed by atoms with Gasteiger partial charge in [-0.15, -0.1) is 11.3 Å². The summed E-state index contributed by atoms with van der Waals surface area (Å²) in [5.74, 6) is 0.936. The summed E-state index contributed by atoms with van der Waals surface area (Å²) in [6.45, 7) is 5.95. The Bertz CT molecular complexity index is 650. The first-order valence-electron chi connectivity index (χ1n) is 8.69. The van der Waals surface area contributed by atoms with Gasteiger partial charge >= 0.3 is 0 Å². The third-order valence-corrected chi connectivity index (χ3v) is 5.36. The Kier molecular flexibility index (Phi) is 6.30. The second-order valence-corrected chi connectivity index (χ2v) is 7.06. The highest BCUT2D eigenvalue weighted by Gasteiger charge is 2.17. The molecule has 1 aliphatic heterocycles. The zero-order valence-corrected chi connectivity index (χ0v) is 15.4. The molecule has 5 nitrogen and oxygen atoms in total. The van der Waals surface area contributed by atoms with Crippen LogP contribution in [0.25, 0.3) is 0 Å². The predicted octanol–water partition coefficient (Wildman–Crippen LogP) is 2.70. The molecule has 1 amide bonds. The van der Waals surface area contributed by atoms with Gasteiger partial charge in [0.05, 0.1) is 12.0 Å². The molecule has 0 bridgehead atoms. The van der Waals surface area contributed by atoms with Crippen molar-refractivity contribution in [3.63, 3.8) is 0 Å². The van der Waals surface area contributed by atoms with Crippen LogP contribution in [0.15, 0.2) is 41.8 Å². The minimum Gasteiger partial charge on any atom is -0.497 e. The molecule has 2 heterocycles. The number of hydrogen-bond donors (Lipinski definition) is 1. The number of hydrogen-bond acceptors (Lipinski definition) is 5. The highest BCUT2D eigenvalue weighted by Crippen LogP contribution is 2.20. The van der Waals surface area contributed by atoms with Crippen LogP contribution in [0, 0.1) is 0 Å². The molecule has 2 aromatic rings. The zero-order chi connectivity index (χ0) is 17.5. The van der Waals surface area contributed by atoms with Gasteiger partial charge in [-0.3, -0.25) is 9.69 Å². The fourth-order valence-electron chi connectivity index (χ4n) is 3.02. The van der Waals surface area contributed by atoms with Crippen LogP contribution in [-0.4, -0.2) is 57.2 Å². The first kappa shape index (κ1) is 17.8. The molecule has 1 saturated heterocycles. The van der Waals surface area contributed by atoms with Crippen molar-refractivity contribution in [1.29, 1.82) is 0 Å². The Labute approximate surface area is 153 Å². The Balaban J connectivity index is 1.34. The molecule has 1 aromatic heterocycles. The van der Waals surface area contributed by atoms with E-state index < -0.39 is 0 Å². The molecule has 1 aliphatic rings. The van der Waals surface area contributed by atoms with Crippen LogP contribution < -0.4 is 15.0 Å². The van der Waals surface area contributed by atoms with Gasteiger partial charge in [0.2, 0.25) is 0 Å². The van der Waals surface area contributed by atoms with Gasteiger partial charge in [0, 0.05) is 38.4 Å². The van der Waals surface area contributed by atoms with Crippen molar-refractivity contribution in [3.05, 3.63) is 46.7 Å². The van der Waals surface area contributed by atoms with E-state index in [0.29, 0.717) is 0 Å². The monoisotopic (exact) mass is 359 g/mol. The number of carbonyl (C=O) groups excluding carboxylic acids is 1. The lowest BCUT2D eigenvalue weighted by Crippen LogP contribution is -2.47. The Hall–Kier alpha value is -2.05. The van der Waals surface area contributed by atoms with Crippen LogP contribution in [0.2, 0.25) is 0 Å². The van der Waals surface area contributed by atoms with Gasteiger partial charge in [0.15, 0.2) is 0 Å². The van der Waals surface area contributed by atoms with Crippen LogP contribution in [0.1, 0.15) is 16.1 Å². The van der Waals surface area contributed by atoms with E-state index in [4.69, 9.17) is 4.74 Å². The SMILES string of the molecule is COc1ccc(N2CCN(CCCNC(=O)c3cccs3)CC2)cc1. The second kappa shape index (κ2) is 8.87. The molecule has 134 valence electrons. The molecule has 6 heteroatoms. The Morgan fingerprint density at radius 2 is 1.92 bits per heavy atom. The molecular weight excluding hydrogens is 334 g/mol. The summed E-state index contributed by atoms with van der Waals surface area (Å²) >= 11 is 1.48. The minimum absolute atomic E-state index is 0.0410. The topological polar surface area (TPSA) is 44.8 Å². The summed E-state index contributed by atoms with van der Waals surface area (Å²) < 4.78 is 5.21. The molecule has 0 saturated carbocycles. The van der Waals surface area contributed by atoms with Crippen LogP contribution in [0.3, 0.4) is 0 Å². The summed E-state index contributed by atoms with van der Waals surface area (Å²) in [6, 6.07) is 12.0. The molecule has 1 fully saturated rings.